The van der Waals surface area contributed by atoms with Crippen LogP contribution in [0.3, 0.4) is 0 Å². The van der Waals surface area contributed by atoms with E-state index in [-0.39, 0.29) is 11.1 Å². The quantitative estimate of drug-likeness (QED) is 0.565. The molecule has 1 rings (SSSR count). The normalized spacial score (nSPS) is 23.3. The van der Waals surface area contributed by atoms with E-state index in [0.29, 0.717) is 6.26 Å². The van der Waals surface area contributed by atoms with Crippen LogP contribution in [0.25, 0.3) is 0 Å². The Hall–Kier alpha value is -2.04. The van der Waals surface area contributed by atoms with Crippen LogP contribution in [0, 0.1) is 5.92 Å². The van der Waals surface area contributed by atoms with Crippen molar-refractivity contribution in [2.75, 3.05) is 0 Å². The summed E-state index contributed by atoms with van der Waals surface area (Å²) in [7, 11) is 0. The van der Waals surface area contributed by atoms with E-state index in [9.17, 15) is 9.59 Å². The van der Waals surface area contributed by atoms with Crippen molar-refractivity contribution in [3.63, 3.8) is 0 Å². The van der Waals surface area contributed by atoms with Gasteiger partial charge in [0.2, 0.25) is 0 Å². The van der Waals surface area contributed by atoms with Crippen LogP contribution >= 0.6 is 0 Å². The monoisotopic (exact) mass is 196 g/mol. The van der Waals surface area contributed by atoms with Gasteiger partial charge in [-0.05, 0) is 6.08 Å². The summed E-state index contributed by atoms with van der Waals surface area (Å²) >= 11 is 0. The van der Waals surface area contributed by atoms with E-state index in [1.54, 1.807) is 0 Å². The molecule has 5 nitrogen and oxygen atoms in total. The summed E-state index contributed by atoms with van der Waals surface area (Å²) in [6, 6.07) is 0. The van der Waals surface area contributed by atoms with Crippen LogP contribution in [-0.4, -0.2) is 27.3 Å². The van der Waals surface area contributed by atoms with Crippen molar-refractivity contribution >= 4 is 11.9 Å². The largest absolute Gasteiger partial charge is 0.515 e. The van der Waals surface area contributed by atoms with Crippen molar-refractivity contribution in [1.82, 2.24) is 0 Å². The molecule has 0 bridgehead atoms. The molecule has 0 aromatic carbocycles. The molecule has 0 heterocycles. The fraction of sp³-hybridized carbons (Fsp3) is 0.111. The van der Waals surface area contributed by atoms with Gasteiger partial charge >= 0.3 is 11.9 Å². The van der Waals surface area contributed by atoms with Crippen LogP contribution in [0.2, 0.25) is 0 Å². The predicted molar refractivity (Wildman–Crippen MR) is 46.7 cm³/mol. The first kappa shape index (κ1) is 10.0. The Morgan fingerprint density at radius 1 is 1.36 bits per heavy atom. The Balaban J connectivity index is 3.03. The molecule has 0 spiro atoms. The van der Waals surface area contributed by atoms with Crippen molar-refractivity contribution in [1.29, 1.82) is 0 Å². The molecule has 1 unspecified atom stereocenters. The molecule has 0 saturated heterocycles. The van der Waals surface area contributed by atoms with Gasteiger partial charge in [0.05, 0.1) is 11.8 Å². The molecule has 5 heteroatoms. The molecule has 0 aromatic rings. The number of hydrogen-bond acceptors (Lipinski definition) is 3. The van der Waals surface area contributed by atoms with E-state index < -0.39 is 17.9 Å². The Morgan fingerprint density at radius 3 is 2.43 bits per heavy atom. The molecular weight excluding hydrogens is 188 g/mol. The van der Waals surface area contributed by atoms with Gasteiger partial charge in [-0.1, -0.05) is 12.2 Å². The van der Waals surface area contributed by atoms with Crippen molar-refractivity contribution in [3.05, 3.63) is 35.6 Å². The van der Waals surface area contributed by atoms with Crippen molar-refractivity contribution in [2.45, 2.75) is 0 Å². The zero-order chi connectivity index (χ0) is 10.7. The van der Waals surface area contributed by atoms with Crippen LogP contribution < -0.4 is 0 Å². The third kappa shape index (κ3) is 1.82. The fourth-order valence-corrected chi connectivity index (χ4v) is 1.10. The minimum Gasteiger partial charge on any atom is -0.515 e. The van der Waals surface area contributed by atoms with Crippen molar-refractivity contribution in [2.24, 2.45) is 5.92 Å². The third-order valence-electron chi connectivity index (χ3n) is 1.81. The molecular formula is C9H8O5. The maximum Gasteiger partial charge on any atom is 0.335 e. The van der Waals surface area contributed by atoms with Gasteiger partial charge in [-0.2, -0.15) is 0 Å². The van der Waals surface area contributed by atoms with Crippen LogP contribution in [0.5, 0.6) is 0 Å². The highest BCUT2D eigenvalue weighted by molar-refractivity contribution is 5.92. The van der Waals surface area contributed by atoms with Gasteiger partial charge in [-0.3, -0.25) is 4.79 Å². The summed E-state index contributed by atoms with van der Waals surface area (Å²) in [5.74, 6) is -3.28. The number of aliphatic hydroxyl groups excluding tert-OH is 1. The number of carbonyl (C=O) groups is 2. The lowest BCUT2D eigenvalue weighted by Gasteiger charge is -2.12. The van der Waals surface area contributed by atoms with E-state index in [0.717, 1.165) is 6.08 Å². The highest BCUT2D eigenvalue weighted by atomic mass is 16.4. The van der Waals surface area contributed by atoms with Crippen molar-refractivity contribution < 1.29 is 24.9 Å². The molecule has 3 N–H and O–H groups in total. The van der Waals surface area contributed by atoms with Crippen LogP contribution in [0.4, 0.5) is 0 Å². The Bertz CT molecular complexity index is 361. The second kappa shape index (κ2) is 3.78. The number of carboxylic acid groups (broad SMARTS) is 2. The molecule has 1 aliphatic rings. The van der Waals surface area contributed by atoms with E-state index in [1.165, 1.54) is 12.2 Å². The topological polar surface area (TPSA) is 94.8 Å². The molecule has 0 saturated carbocycles. The second-order valence-corrected chi connectivity index (χ2v) is 2.71. The lowest BCUT2D eigenvalue weighted by molar-refractivity contribution is -0.139. The van der Waals surface area contributed by atoms with Gasteiger partial charge in [0.15, 0.2) is 0 Å². The van der Waals surface area contributed by atoms with Gasteiger partial charge in [0, 0.05) is 5.57 Å². The highest BCUT2D eigenvalue weighted by Crippen LogP contribution is 2.22. The third-order valence-corrected chi connectivity index (χ3v) is 1.81. The van der Waals surface area contributed by atoms with Gasteiger partial charge in [-0.25, -0.2) is 4.79 Å². The van der Waals surface area contributed by atoms with Crippen LogP contribution in [0.15, 0.2) is 35.6 Å². The summed E-state index contributed by atoms with van der Waals surface area (Å²) in [5.41, 5.74) is 0.000185. The number of rotatable bonds is 2. The maximum absolute atomic E-state index is 10.6. The fourth-order valence-electron chi connectivity index (χ4n) is 1.10. The number of carboxylic acids is 2. The van der Waals surface area contributed by atoms with Crippen LogP contribution in [-0.2, 0) is 9.59 Å². The molecule has 0 aliphatic heterocycles. The van der Waals surface area contributed by atoms with Gasteiger partial charge < -0.3 is 15.3 Å². The van der Waals surface area contributed by atoms with Crippen LogP contribution in [0.1, 0.15) is 0 Å². The Labute approximate surface area is 79.3 Å². The van der Waals surface area contributed by atoms with Gasteiger partial charge in [-0.15, -0.1) is 0 Å². The standard InChI is InChI=1S/C9H8O5/c10-4-6-3-5(8(11)12)1-2-7(6)9(13)14/h1-4,7,10H,(H,11,12)(H,13,14). The van der Waals surface area contributed by atoms with E-state index in [4.69, 9.17) is 15.3 Å². The summed E-state index contributed by atoms with van der Waals surface area (Å²) < 4.78 is 0. The maximum atomic E-state index is 10.6. The average Bonchev–Trinajstić information content (AvgIpc) is 2.16. The molecule has 0 radical (unpaired) electrons. The number of aliphatic hydroxyl groups is 1. The zero-order valence-electron chi connectivity index (χ0n) is 7.04. The lowest BCUT2D eigenvalue weighted by atomic mass is 9.92. The molecule has 0 amide bonds. The Kier molecular flexibility index (Phi) is 2.71. The highest BCUT2D eigenvalue weighted by Gasteiger charge is 2.23. The zero-order valence-corrected chi connectivity index (χ0v) is 7.04. The number of aliphatic carboxylic acids is 2. The second-order valence-electron chi connectivity index (χ2n) is 2.71. The minimum absolute atomic E-state index is 0.0530. The minimum atomic E-state index is -1.16. The van der Waals surface area contributed by atoms with Crippen molar-refractivity contribution in [3.8, 4) is 0 Å². The lowest BCUT2D eigenvalue weighted by Crippen LogP contribution is -2.16. The molecule has 14 heavy (non-hydrogen) atoms. The summed E-state index contributed by atoms with van der Waals surface area (Å²) in [6.07, 6.45) is 4.15. The molecule has 0 fully saturated rings. The molecule has 1 aliphatic carbocycles. The van der Waals surface area contributed by atoms with E-state index >= 15 is 0 Å². The first-order chi connectivity index (χ1) is 6.56. The molecule has 0 aromatic heterocycles. The average molecular weight is 196 g/mol. The summed E-state index contributed by atoms with van der Waals surface area (Å²) in [4.78, 5) is 21.1. The number of allylic oxidation sites excluding steroid dienone is 1. The van der Waals surface area contributed by atoms with Gasteiger partial charge in [0.25, 0.3) is 0 Å². The first-order valence-electron chi connectivity index (χ1n) is 3.76. The summed E-state index contributed by atoms with van der Waals surface area (Å²) in [5, 5.41) is 26.0. The Morgan fingerprint density at radius 2 is 2.00 bits per heavy atom. The number of hydrogen-bond donors (Lipinski definition) is 3. The van der Waals surface area contributed by atoms with E-state index in [1.807, 2.05) is 0 Å². The van der Waals surface area contributed by atoms with E-state index in [2.05, 4.69) is 0 Å². The predicted octanol–water partition coefficient (Wildman–Crippen LogP) is 0.710. The first-order valence-corrected chi connectivity index (χ1v) is 3.76. The smallest absolute Gasteiger partial charge is 0.335 e. The van der Waals surface area contributed by atoms with Gasteiger partial charge in [0.1, 0.15) is 5.92 Å². The SMILES string of the molecule is O=C(O)C1=CC(=CO)C(C(=O)O)C=C1. The molecule has 74 valence electrons. The molecule has 1 atom stereocenters. The summed E-state index contributed by atoms with van der Waals surface area (Å²) in [6.45, 7) is 0.